The van der Waals surface area contributed by atoms with E-state index in [2.05, 4.69) is 10.3 Å². The second kappa shape index (κ2) is 6.70. The summed E-state index contributed by atoms with van der Waals surface area (Å²) in [5.74, 6) is 1.05. The molecule has 0 saturated heterocycles. The molecule has 1 aromatic rings. The number of rotatable bonds is 5. The average molecular weight is 265 g/mol. The molecule has 1 aliphatic rings. The molecule has 0 aromatic carbocycles. The molecule has 0 bridgehead atoms. The van der Waals surface area contributed by atoms with Crippen LogP contribution in [0.1, 0.15) is 38.4 Å². The molecule has 5 heteroatoms. The summed E-state index contributed by atoms with van der Waals surface area (Å²) in [6, 6.07) is 0.389. The molecule has 1 fully saturated rings. The largest absolute Gasteiger partial charge is 0.466 e. The summed E-state index contributed by atoms with van der Waals surface area (Å²) in [5, 5.41) is 3.50. The lowest BCUT2D eigenvalue weighted by Gasteiger charge is -2.28. The fourth-order valence-electron chi connectivity index (χ4n) is 2.65. The molecule has 1 saturated carbocycles. The highest BCUT2D eigenvalue weighted by Crippen LogP contribution is 2.25. The Morgan fingerprint density at radius 1 is 1.58 bits per heavy atom. The number of esters is 1. The Morgan fingerprint density at radius 3 is 3.11 bits per heavy atom. The molecule has 1 aromatic heterocycles. The van der Waals surface area contributed by atoms with Crippen LogP contribution in [0.25, 0.3) is 0 Å². The van der Waals surface area contributed by atoms with Gasteiger partial charge in [0.25, 0.3) is 0 Å². The normalized spacial score (nSPS) is 23.3. The van der Waals surface area contributed by atoms with Gasteiger partial charge in [0.1, 0.15) is 5.82 Å². The van der Waals surface area contributed by atoms with Crippen molar-refractivity contribution in [3.63, 3.8) is 0 Å². The molecule has 1 N–H and O–H groups in total. The van der Waals surface area contributed by atoms with Gasteiger partial charge in [-0.05, 0) is 26.2 Å². The molecule has 0 amide bonds. The molecule has 19 heavy (non-hydrogen) atoms. The van der Waals surface area contributed by atoms with Crippen LogP contribution in [0.3, 0.4) is 0 Å². The Labute approximate surface area is 114 Å². The van der Waals surface area contributed by atoms with Gasteiger partial charge in [0.05, 0.1) is 19.1 Å². The van der Waals surface area contributed by atoms with E-state index in [9.17, 15) is 4.79 Å². The van der Waals surface area contributed by atoms with Crippen molar-refractivity contribution in [2.45, 2.75) is 45.2 Å². The maximum Gasteiger partial charge on any atom is 0.308 e. The van der Waals surface area contributed by atoms with E-state index in [1.807, 2.05) is 24.7 Å². The number of aromatic nitrogens is 2. The minimum atomic E-state index is -0.0361. The third-order valence-corrected chi connectivity index (χ3v) is 3.76. The van der Waals surface area contributed by atoms with Crippen molar-refractivity contribution in [3.05, 3.63) is 18.2 Å². The van der Waals surface area contributed by atoms with Crippen LogP contribution >= 0.6 is 0 Å². The van der Waals surface area contributed by atoms with Gasteiger partial charge in [0.15, 0.2) is 0 Å². The Kier molecular flexibility index (Phi) is 4.96. The first kappa shape index (κ1) is 14.1. The van der Waals surface area contributed by atoms with Gasteiger partial charge in [-0.25, -0.2) is 4.98 Å². The number of carbonyl (C=O) groups excluding carboxylic acids is 1. The summed E-state index contributed by atoms with van der Waals surface area (Å²) in [7, 11) is 1.99. The second-order valence-corrected chi connectivity index (χ2v) is 5.15. The van der Waals surface area contributed by atoms with E-state index < -0.39 is 0 Å². The van der Waals surface area contributed by atoms with Gasteiger partial charge >= 0.3 is 5.97 Å². The lowest BCUT2D eigenvalue weighted by Crippen LogP contribution is -2.37. The summed E-state index contributed by atoms with van der Waals surface area (Å²) >= 11 is 0. The van der Waals surface area contributed by atoms with Gasteiger partial charge in [-0.1, -0.05) is 6.42 Å². The number of nitrogens with one attached hydrogen (secondary N) is 1. The van der Waals surface area contributed by atoms with Gasteiger partial charge < -0.3 is 14.6 Å². The third kappa shape index (κ3) is 3.80. The zero-order valence-electron chi connectivity index (χ0n) is 11.8. The molecule has 106 valence electrons. The number of hydrogen-bond acceptors (Lipinski definition) is 4. The molecule has 2 atom stereocenters. The van der Waals surface area contributed by atoms with Crippen molar-refractivity contribution in [3.8, 4) is 0 Å². The van der Waals surface area contributed by atoms with Crippen molar-refractivity contribution >= 4 is 5.97 Å². The zero-order valence-corrected chi connectivity index (χ0v) is 11.8. The van der Waals surface area contributed by atoms with Crippen LogP contribution in [-0.2, 0) is 23.1 Å². The maximum absolute atomic E-state index is 11.8. The molecule has 0 spiro atoms. The van der Waals surface area contributed by atoms with Crippen LogP contribution in [-0.4, -0.2) is 28.2 Å². The Balaban J connectivity index is 1.81. The molecule has 2 unspecified atom stereocenters. The molecule has 0 aliphatic heterocycles. The first-order chi connectivity index (χ1) is 9.20. The van der Waals surface area contributed by atoms with Crippen LogP contribution in [0.2, 0.25) is 0 Å². The van der Waals surface area contributed by atoms with E-state index >= 15 is 0 Å². The Bertz CT molecular complexity index is 417. The summed E-state index contributed by atoms with van der Waals surface area (Å²) in [6.07, 6.45) is 7.79. The van der Waals surface area contributed by atoms with Crippen molar-refractivity contribution in [2.75, 3.05) is 6.61 Å². The highest BCUT2D eigenvalue weighted by molar-refractivity contribution is 5.72. The van der Waals surface area contributed by atoms with Gasteiger partial charge in [0, 0.05) is 25.5 Å². The van der Waals surface area contributed by atoms with Crippen molar-refractivity contribution in [1.82, 2.24) is 14.9 Å². The van der Waals surface area contributed by atoms with Crippen LogP contribution in [0.4, 0.5) is 0 Å². The van der Waals surface area contributed by atoms with Gasteiger partial charge in [-0.2, -0.15) is 0 Å². The van der Waals surface area contributed by atoms with Crippen LogP contribution in [0.15, 0.2) is 12.4 Å². The fraction of sp³-hybridized carbons (Fsp3) is 0.714. The van der Waals surface area contributed by atoms with Crippen LogP contribution < -0.4 is 5.32 Å². The number of imidazole rings is 1. The number of hydrogen-bond donors (Lipinski definition) is 1. The standard InChI is InChI=1S/C14H23N3O2/c1-3-19-14(18)11-5-4-6-12(9-11)16-10-13-15-7-8-17(13)2/h7-8,11-12,16H,3-6,9-10H2,1-2H3. The molecule has 1 heterocycles. The number of ether oxygens (including phenoxy) is 1. The molecular formula is C14H23N3O2. The van der Waals surface area contributed by atoms with Gasteiger partial charge in [-0.15, -0.1) is 0 Å². The predicted molar refractivity (Wildman–Crippen MR) is 72.4 cm³/mol. The fourth-order valence-corrected chi connectivity index (χ4v) is 2.65. The highest BCUT2D eigenvalue weighted by Gasteiger charge is 2.27. The van der Waals surface area contributed by atoms with E-state index in [0.717, 1.165) is 38.1 Å². The summed E-state index contributed by atoms with van der Waals surface area (Å²) in [4.78, 5) is 16.1. The minimum absolute atomic E-state index is 0.0361. The highest BCUT2D eigenvalue weighted by atomic mass is 16.5. The molecule has 1 aliphatic carbocycles. The number of carbonyl (C=O) groups is 1. The quantitative estimate of drug-likeness (QED) is 0.822. The lowest BCUT2D eigenvalue weighted by atomic mass is 9.86. The Morgan fingerprint density at radius 2 is 2.42 bits per heavy atom. The predicted octanol–water partition coefficient (Wildman–Crippen LogP) is 1.63. The molecule has 0 radical (unpaired) electrons. The van der Waals surface area contributed by atoms with E-state index in [4.69, 9.17) is 4.74 Å². The Hall–Kier alpha value is -1.36. The van der Waals surface area contributed by atoms with E-state index in [1.165, 1.54) is 0 Å². The smallest absolute Gasteiger partial charge is 0.308 e. The maximum atomic E-state index is 11.8. The molecule has 2 rings (SSSR count). The third-order valence-electron chi connectivity index (χ3n) is 3.76. The van der Waals surface area contributed by atoms with Crippen molar-refractivity contribution in [2.24, 2.45) is 13.0 Å². The zero-order chi connectivity index (χ0) is 13.7. The van der Waals surface area contributed by atoms with E-state index in [-0.39, 0.29) is 11.9 Å². The van der Waals surface area contributed by atoms with E-state index in [1.54, 1.807) is 6.20 Å². The summed E-state index contributed by atoms with van der Waals surface area (Å²) in [6.45, 7) is 3.09. The second-order valence-electron chi connectivity index (χ2n) is 5.15. The topological polar surface area (TPSA) is 56.1 Å². The molecular weight excluding hydrogens is 242 g/mol. The average Bonchev–Trinajstić information content (AvgIpc) is 2.82. The van der Waals surface area contributed by atoms with E-state index in [0.29, 0.717) is 12.6 Å². The lowest BCUT2D eigenvalue weighted by molar-refractivity contribution is -0.149. The van der Waals surface area contributed by atoms with Crippen molar-refractivity contribution < 1.29 is 9.53 Å². The summed E-state index contributed by atoms with van der Waals surface area (Å²) in [5.41, 5.74) is 0. The van der Waals surface area contributed by atoms with Gasteiger partial charge in [0.2, 0.25) is 0 Å². The number of nitrogens with zero attached hydrogens (tertiary/aromatic N) is 2. The SMILES string of the molecule is CCOC(=O)C1CCCC(NCc2nccn2C)C1. The minimum Gasteiger partial charge on any atom is -0.466 e. The van der Waals surface area contributed by atoms with Crippen LogP contribution in [0.5, 0.6) is 0 Å². The molecule has 5 nitrogen and oxygen atoms in total. The van der Waals surface area contributed by atoms with Gasteiger partial charge in [-0.3, -0.25) is 4.79 Å². The van der Waals surface area contributed by atoms with Crippen LogP contribution in [0, 0.1) is 5.92 Å². The number of aryl methyl sites for hydroxylation is 1. The first-order valence-electron chi connectivity index (χ1n) is 7.07. The van der Waals surface area contributed by atoms with Crippen molar-refractivity contribution in [1.29, 1.82) is 0 Å². The summed E-state index contributed by atoms with van der Waals surface area (Å²) < 4.78 is 7.13. The monoisotopic (exact) mass is 265 g/mol. The first-order valence-corrected chi connectivity index (χ1v) is 7.07.